The van der Waals surface area contributed by atoms with E-state index in [-0.39, 0.29) is 5.56 Å². The molecule has 0 N–H and O–H groups in total. The number of rotatable bonds is 6. The lowest BCUT2D eigenvalue weighted by molar-refractivity contribution is -0.417. The quantitative estimate of drug-likeness (QED) is 0.315. The van der Waals surface area contributed by atoms with Crippen molar-refractivity contribution >= 4 is 11.9 Å². The number of carbonyl (C=O) groups excluding carboxylic acids is 2. The molecule has 4 aliphatic rings. The monoisotopic (exact) mass is 537 g/mol. The van der Waals surface area contributed by atoms with Gasteiger partial charge in [0.1, 0.15) is 0 Å². The fraction of sp³-hybridized carbons (Fsp3) is 0.333. The van der Waals surface area contributed by atoms with Gasteiger partial charge in [0.05, 0.1) is 18.1 Å². The summed E-state index contributed by atoms with van der Waals surface area (Å²) in [6.45, 7) is 0.578. The molecule has 0 spiro atoms. The van der Waals surface area contributed by atoms with Gasteiger partial charge < -0.3 is 14.2 Å². The molecule has 3 aromatic carbocycles. The second-order valence-electron chi connectivity index (χ2n) is 10.1. The van der Waals surface area contributed by atoms with Crippen molar-refractivity contribution in [3.8, 4) is 0 Å². The Kier molecular flexibility index (Phi) is 6.23. The molecule has 7 rings (SSSR count). The van der Waals surface area contributed by atoms with E-state index in [9.17, 15) is 22.8 Å². The number of alkyl halides is 3. The van der Waals surface area contributed by atoms with Gasteiger partial charge in [-0.15, -0.1) is 0 Å². The first-order chi connectivity index (χ1) is 18.8. The molecule has 4 fully saturated rings. The second-order valence-corrected chi connectivity index (χ2v) is 10.1. The fourth-order valence-corrected chi connectivity index (χ4v) is 6.50. The molecule has 4 heterocycles. The van der Waals surface area contributed by atoms with Gasteiger partial charge in [0.25, 0.3) is 5.79 Å². The summed E-state index contributed by atoms with van der Waals surface area (Å²) >= 11 is 0. The van der Waals surface area contributed by atoms with Crippen LogP contribution in [0.25, 0.3) is 0 Å². The highest BCUT2D eigenvalue weighted by atomic mass is 19.4. The number of esters is 2. The summed E-state index contributed by atoms with van der Waals surface area (Å²) in [6.07, 6.45) is -3.48. The smallest absolute Gasteiger partial charge is 0.420 e. The number of ether oxygens (including phenoxy) is 3. The van der Waals surface area contributed by atoms with E-state index in [4.69, 9.17) is 14.2 Å². The molecule has 2 bridgehead atoms. The van der Waals surface area contributed by atoms with E-state index in [1.165, 1.54) is 18.2 Å². The number of nitrogens with zero attached hydrogens (tertiary/aromatic N) is 1. The average molecular weight is 538 g/mol. The maximum absolute atomic E-state index is 13.8. The van der Waals surface area contributed by atoms with Gasteiger partial charge in [-0.1, -0.05) is 78.9 Å². The third kappa shape index (κ3) is 4.03. The van der Waals surface area contributed by atoms with E-state index in [1.807, 2.05) is 65.6 Å². The van der Waals surface area contributed by atoms with Gasteiger partial charge >= 0.3 is 18.1 Å². The van der Waals surface area contributed by atoms with Crippen LogP contribution >= 0.6 is 0 Å². The van der Waals surface area contributed by atoms with Gasteiger partial charge in [0, 0.05) is 19.0 Å². The van der Waals surface area contributed by atoms with Crippen molar-refractivity contribution < 1.29 is 37.0 Å². The topological polar surface area (TPSA) is 65.1 Å². The number of fused-ring (bicyclic) bond motifs is 2. The highest BCUT2D eigenvalue weighted by Crippen LogP contribution is 2.59. The second kappa shape index (κ2) is 9.50. The molecule has 0 saturated carbocycles. The minimum atomic E-state index is -4.60. The summed E-state index contributed by atoms with van der Waals surface area (Å²) in [4.78, 5) is 27.8. The maximum Gasteiger partial charge on any atom is 0.420 e. The van der Waals surface area contributed by atoms with Crippen molar-refractivity contribution in [1.29, 1.82) is 0 Å². The number of hydrogen-bond acceptors (Lipinski definition) is 6. The van der Waals surface area contributed by atoms with Gasteiger partial charge in [0.2, 0.25) is 5.72 Å². The minimum absolute atomic E-state index is 0.103. The van der Waals surface area contributed by atoms with Gasteiger partial charge in [-0.05, 0) is 35.6 Å². The van der Waals surface area contributed by atoms with Crippen LogP contribution in [0.1, 0.15) is 41.0 Å². The maximum atomic E-state index is 13.8. The van der Waals surface area contributed by atoms with Crippen LogP contribution in [-0.4, -0.2) is 41.4 Å². The largest absolute Gasteiger partial charge is 0.427 e. The van der Waals surface area contributed by atoms with E-state index in [0.29, 0.717) is 25.9 Å². The van der Waals surface area contributed by atoms with Gasteiger partial charge in [-0.3, -0.25) is 4.90 Å². The van der Waals surface area contributed by atoms with Crippen LogP contribution in [0.3, 0.4) is 0 Å². The molecule has 0 amide bonds. The summed E-state index contributed by atoms with van der Waals surface area (Å²) in [7, 11) is 0. The number of piperidine rings is 3. The third-order valence-corrected chi connectivity index (χ3v) is 8.08. The third-order valence-electron chi connectivity index (χ3n) is 8.08. The number of benzene rings is 3. The molecule has 39 heavy (non-hydrogen) atoms. The van der Waals surface area contributed by atoms with E-state index in [2.05, 4.69) is 0 Å². The highest BCUT2D eigenvalue weighted by Gasteiger charge is 2.76. The summed E-state index contributed by atoms with van der Waals surface area (Å²) in [6, 6.07) is 23.9. The Bertz CT molecular complexity index is 1330. The van der Waals surface area contributed by atoms with Gasteiger partial charge in [0.15, 0.2) is 0 Å². The zero-order valence-corrected chi connectivity index (χ0v) is 20.9. The van der Waals surface area contributed by atoms with Crippen LogP contribution in [0.4, 0.5) is 13.2 Å². The molecule has 2 unspecified atom stereocenters. The molecule has 9 heteroatoms. The van der Waals surface area contributed by atoms with Crippen molar-refractivity contribution in [2.45, 2.75) is 43.1 Å². The van der Waals surface area contributed by atoms with Gasteiger partial charge in [-0.2, -0.15) is 13.2 Å². The lowest BCUT2D eigenvalue weighted by Crippen LogP contribution is -2.82. The van der Waals surface area contributed by atoms with Crippen molar-refractivity contribution in [3.63, 3.8) is 0 Å². The van der Waals surface area contributed by atoms with E-state index in [1.54, 1.807) is 0 Å². The molecule has 0 radical (unpaired) electrons. The van der Waals surface area contributed by atoms with Crippen LogP contribution in [0.2, 0.25) is 0 Å². The SMILES string of the molecule is O=C1OC2(OCc3ccccc3C(F)(F)F)C3CCN(CC3)C2(C(c2ccccc2)c2ccccc2)OC1=O. The van der Waals surface area contributed by atoms with Crippen molar-refractivity contribution in [2.75, 3.05) is 13.1 Å². The highest BCUT2D eigenvalue weighted by molar-refractivity contribution is 6.30. The first-order valence-corrected chi connectivity index (χ1v) is 12.9. The van der Waals surface area contributed by atoms with Crippen LogP contribution in [0, 0.1) is 5.92 Å². The summed E-state index contributed by atoms with van der Waals surface area (Å²) in [5, 5.41) is 0. The molecule has 6 nitrogen and oxygen atoms in total. The molecule has 0 aromatic heterocycles. The van der Waals surface area contributed by atoms with E-state index < -0.39 is 53.6 Å². The predicted octanol–water partition coefficient (Wildman–Crippen LogP) is 5.27. The van der Waals surface area contributed by atoms with E-state index >= 15 is 0 Å². The first-order valence-electron chi connectivity index (χ1n) is 12.9. The summed E-state index contributed by atoms with van der Waals surface area (Å²) in [5.41, 5.74) is -1.02. The normalized spacial score (nSPS) is 28.1. The Labute approximate surface area is 223 Å². The molecule has 4 saturated heterocycles. The number of halogens is 3. The molecular formula is C30H26F3NO5. The first kappa shape index (κ1) is 25.6. The Morgan fingerprint density at radius 2 is 1.36 bits per heavy atom. The number of hydrogen-bond donors (Lipinski definition) is 0. The average Bonchev–Trinajstić information content (AvgIpc) is 2.95. The van der Waals surface area contributed by atoms with E-state index in [0.717, 1.165) is 17.2 Å². The Balaban J connectivity index is 1.55. The van der Waals surface area contributed by atoms with Crippen molar-refractivity contribution in [3.05, 3.63) is 107 Å². The molecule has 2 atom stereocenters. The molecule has 0 aliphatic carbocycles. The zero-order chi connectivity index (χ0) is 27.3. The van der Waals surface area contributed by atoms with Crippen molar-refractivity contribution in [1.82, 2.24) is 4.90 Å². The van der Waals surface area contributed by atoms with Crippen LogP contribution < -0.4 is 0 Å². The Morgan fingerprint density at radius 3 is 1.95 bits per heavy atom. The molecular weight excluding hydrogens is 511 g/mol. The minimum Gasteiger partial charge on any atom is -0.427 e. The number of carbonyl (C=O) groups is 2. The van der Waals surface area contributed by atoms with Crippen LogP contribution in [-0.2, 0) is 36.6 Å². The molecule has 3 aromatic rings. The molecule has 202 valence electrons. The Morgan fingerprint density at radius 1 is 0.821 bits per heavy atom. The lowest BCUT2D eigenvalue weighted by Gasteiger charge is -2.65. The summed E-state index contributed by atoms with van der Waals surface area (Å²) in [5.74, 6) is -5.30. The van der Waals surface area contributed by atoms with Crippen LogP contribution in [0.5, 0.6) is 0 Å². The lowest BCUT2D eigenvalue weighted by atomic mass is 9.66. The zero-order valence-electron chi connectivity index (χ0n) is 20.9. The van der Waals surface area contributed by atoms with Gasteiger partial charge in [-0.25, -0.2) is 9.59 Å². The molecule has 4 aliphatic heterocycles. The predicted molar refractivity (Wildman–Crippen MR) is 133 cm³/mol. The van der Waals surface area contributed by atoms with Crippen molar-refractivity contribution in [2.24, 2.45) is 5.92 Å². The fourth-order valence-electron chi connectivity index (χ4n) is 6.50. The Hall–Kier alpha value is -3.69. The standard InChI is InChI=1S/C30H26F3NO5/c31-30(32,33)24-14-8-7-13-22(24)19-37-29-23-15-17-34(18-16-23)28(29,38-26(35)27(36)39-29)25(20-9-3-1-4-10-20)21-11-5-2-6-12-21/h1-14,23,25H,15-19H2. The summed E-state index contributed by atoms with van der Waals surface area (Å²) < 4.78 is 60.0. The van der Waals surface area contributed by atoms with Crippen LogP contribution in [0.15, 0.2) is 84.9 Å².